The molecule has 0 bridgehead atoms. The number of ether oxygens (including phenoxy) is 1. The number of aryl methyl sites for hydroxylation is 2. The summed E-state index contributed by atoms with van der Waals surface area (Å²) in [6.07, 6.45) is -2.57. The van der Waals surface area contributed by atoms with Crippen molar-refractivity contribution in [1.29, 1.82) is 0 Å². The van der Waals surface area contributed by atoms with Gasteiger partial charge in [-0.1, -0.05) is 29.8 Å². The van der Waals surface area contributed by atoms with Crippen molar-refractivity contribution < 1.29 is 17.9 Å². The Hall–Kier alpha value is -2.99. The van der Waals surface area contributed by atoms with Gasteiger partial charge < -0.3 is 9.30 Å². The summed E-state index contributed by atoms with van der Waals surface area (Å²) >= 11 is 0. The van der Waals surface area contributed by atoms with Crippen molar-refractivity contribution in [2.75, 3.05) is 0 Å². The Morgan fingerprint density at radius 2 is 1.56 bits per heavy atom. The first kappa shape index (κ1) is 23.7. The normalized spacial score (nSPS) is 11.4. The first-order valence-electron chi connectivity index (χ1n) is 10.0. The summed E-state index contributed by atoms with van der Waals surface area (Å²) in [6.45, 7) is 6.84. The maximum absolute atomic E-state index is 12.9. The van der Waals surface area contributed by atoms with E-state index >= 15 is 0 Å². The fourth-order valence-corrected chi connectivity index (χ4v) is 3.74. The van der Waals surface area contributed by atoms with Gasteiger partial charge in [0.05, 0.1) is 11.1 Å². The molecule has 4 rings (SSSR count). The predicted molar refractivity (Wildman–Crippen MR) is 123 cm³/mol. The van der Waals surface area contributed by atoms with E-state index in [1.807, 2.05) is 51.1 Å². The zero-order valence-electron chi connectivity index (χ0n) is 18.0. The molecule has 0 saturated carbocycles. The van der Waals surface area contributed by atoms with Gasteiger partial charge in [-0.05, 0) is 62.2 Å². The van der Waals surface area contributed by atoms with Crippen LogP contribution in [-0.4, -0.2) is 9.55 Å². The van der Waals surface area contributed by atoms with Gasteiger partial charge in [0.25, 0.3) is 0 Å². The van der Waals surface area contributed by atoms with Crippen molar-refractivity contribution in [3.8, 4) is 5.75 Å². The molecule has 0 unspecified atom stereocenters. The van der Waals surface area contributed by atoms with E-state index in [-0.39, 0.29) is 12.4 Å². The lowest BCUT2D eigenvalue weighted by molar-refractivity contribution is -0.137. The Bertz CT molecular complexity index is 1210. The summed E-state index contributed by atoms with van der Waals surface area (Å²) in [5.74, 6) is 0.763. The molecular weight excluding hydrogens is 437 g/mol. The fourth-order valence-electron chi connectivity index (χ4n) is 3.74. The highest BCUT2D eigenvalue weighted by atomic mass is 35.5. The SMILES string of the molecule is Cc1ccc(OCc2nccc3c(C)c(C)n(Cc4ccc(C(F)(F)F)cc4)c23)cc1.Cl. The second kappa shape index (κ2) is 9.25. The largest absolute Gasteiger partial charge is 0.487 e. The van der Waals surface area contributed by atoms with Crippen molar-refractivity contribution in [3.05, 3.63) is 94.4 Å². The van der Waals surface area contributed by atoms with Crippen LogP contribution in [-0.2, 0) is 19.3 Å². The highest BCUT2D eigenvalue weighted by Gasteiger charge is 2.30. The summed E-state index contributed by atoms with van der Waals surface area (Å²) in [6, 6.07) is 15.1. The van der Waals surface area contributed by atoms with E-state index in [4.69, 9.17) is 4.74 Å². The summed E-state index contributed by atoms with van der Waals surface area (Å²) in [5, 5.41) is 1.07. The van der Waals surface area contributed by atoms with Crippen LogP contribution in [0.5, 0.6) is 5.75 Å². The number of rotatable bonds is 5. The van der Waals surface area contributed by atoms with Gasteiger partial charge >= 0.3 is 6.18 Å². The second-order valence-electron chi connectivity index (χ2n) is 7.75. The molecule has 0 aliphatic heterocycles. The van der Waals surface area contributed by atoms with E-state index in [1.54, 1.807) is 6.20 Å². The number of hydrogen-bond acceptors (Lipinski definition) is 2. The van der Waals surface area contributed by atoms with E-state index in [9.17, 15) is 13.2 Å². The predicted octanol–water partition coefficient (Wildman–Crippen LogP) is 7.03. The Balaban J connectivity index is 0.00000289. The highest BCUT2D eigenvalue weighted by molar-refractivity contribution is 5.87. The average molecular weight is 461 g/mol. The van der Waals surface area contributed by atoms with Gasteiger partial charge in [0, 0.05) is 23.8 Å². The maximum Gasteiger partial charge on any atom is 0.416 e. The minimum atomic E-state index is -4.34. The molecule has 0 aliphatic carbocycles. The van der Waals surface area contributed by atoms with Crippen LogP contribution in [0.4, 0.5) is 13.2 Å². The molecule has 0 aliphatic rings. The average Bonchev–Trinajstić information content (AvgIpc) is 2.98. The van der Waals surface area contributed by atoms with Gasteiger partial charge in [-0.3, -0.25) is 4.98 Å². The minimum Gasteiger partial charge on any atom is -0.487 e. The van der Waals surface area contributed by atoms with Gasteiger partial charge in [-0.15, -0.1) is 12.4 Å². The third kappa shape index (κ3) is 4.75. The smallest absolute Gasteiger partial charge is 0.416 e. The molecule has 168 valence electrons. The van der Waals surface area contributed by atoms with E-state index in [1.165, 1.54) is 12.1 Å². The van der Waals surface area contributed by atoms with Gasteiger partial charge in [0.2, 0.25) is 0 Å². The molecule has 0 fully saturated rings. The number of alkyl halides is 3. The van der Waals surface area contributed by atoms with Crippen LogP contribution in [0.25, 0.3) is 10.9 Å². The number of pyridine rings is 1. The number of halogens is 4. The lowest BCUT2D eigenvalue weighted by atomic mass is 10.1. The number of aromatic nitrogens is 2. The van der Waals surface area contributed by atoms with Crippen LogP contribution < -0.4 is 4.74 Å². The van der Waals surface area contributed by atoms with Gasteiger partial charge in [-0.25, -0.2) is 0 Å². The summed E-state index contributed by atoms with van der Waals surface area (Å²) in [4.78, 5) is 4.55. The third-order valence-electron chi connectivity index (χ3n) is 5.64. The van der Waals surface area contributed by atoms with Crippen molar-refractivity contribution >= 4 is 23.3 Å². The van der Waals surface area contributed by atoms with Crippen molar-refractivity contribution in [2.45, 2.75) is 40.1 Å². The van der Waals surface area contributed by atoms with Crippen LogP contribution in [0.15, 0.2) is 60.8 Å². The number of fused-ring (bicyclic) bond motifs is 1. The fraction of sp³-hybridized carbons (Fsp3) is 0.240. The van der Waals surface area contributed by atoms with Gasteiger partial charge in [0.1, 0.15) is 18.1 Å². The molecule has 2 aromatic heterocycles. The molecule has 0 amide bonds. The first-order chi connectivity index (χ1) is 14.7. The Morgan fingerprint density at radius 3 is 2.19 bits per heavy atom. The molecule has 0 radical (unpaired) electrons. The summed E-state index contributed by atoms with van der Waals surface area (Å²) in [5.41, 5.74) is 5.23. The molecule has 2 heterocycles. The Morgan fingerprint density at radius 1 is 0.906 bits per heavy atom. The molecule has 3 nitrogen and oxygen atoms in total. The molecular formula is C25H24ClF3N2O. The van der Waals surface area contributed by atoms with Crippen LogP contribution >= 0.6 is 12.4 Å². The molecule has 0 N–H and O–H groups in total. The van der Waals surface area contributed by atoms with Crippen LogP contribution in [0.3, 0.4) is 0 Å². The molecule has 7 heteroatoms. The molecule has 32 heavy (non-hydrogen) atoms. The third-order valence-corrected chi connectivity index (χ3v) is 5.64. The maximum atomic E-state index is 12.9. The molecule has 2 aromatic carbocycles. The van der Waals surface area contributed by atoms with Gasteiger partial charge in [0.15, 0.2) is 0 Å². The second-order valence-corrected chi connectivity index (χ2v) is 7.75. The number of benzene rings is 2. The number of nitrogens with zero attached hydrogens (tertiary/aromatic N) is 2. The summed E-state index contributed by atoms with van der Waals surface area (Å²) in [7, 11) is 0. The van der Waals surface area contributed by atoms with Crippen molar-refractivity contribution in [3.63, 3.8) is 0 Å². The first-order valence-corrected chi connectivity index (χ1v) is 10.0. The van der Waals surface area contributed by atoms with E-state index in [0.29, 0.717) is 13.2 Å². The van der Waals surface area contributed by atoms with E-state index in [0.717, 1.165) is 56.9 Å². The highest BCUT2D eigenvalue weighted by Crippen LogP contribution is 2.31. The summed E-state index contributed by atoms with van der Waals surface area (Å²) < 4.78 is 46.8. The topological polar surface area (TPSA) is 27.1 Å². The van der Waals surface area contributed by atoms with Crippen molar-refractivity contribution in [1.82, 2.24) is 9.55 Å². The van der Waals surface area contributed by atoms with Crippen LogP contribution in [0.2, 0.25) is 0 Å². The Kier molecular flexibility index (Phi) is 6.84. The molecule has 0 spiro atoms. The zero-order chi connectivity index (χ0) is 22.2. The van der Waals surface area contributed by atoms with E-state index in [2.05, 4.69) is 9.55 Å². The van der Waals surface area contributed by atoms with E-state index < -0.39 is 11.7 Å². The van der Waals surface area contributed by atoms with Gasteiger partial charge in [-0.2, -0.15) is 13.2 Å². The molecule has 0 atom stereocenters. The standard InChI is InChI=1S/C25H23F3N2O.ClH/c1-16-4-10-21(11-5-16)31-15-23-24-22(12-13-29-23)17(2)18(3)30(24)14-19-6-8-20(9-7-19)25(26,27)28;/h4-13H,14-15H2,1-3H3;1H. The quantitative estimate of drug-likeness (QED) is 0.319. The van der Waals surface area contributed by atoms with Crippen LogP contribution in [0.1, 0.15) is 33.6 Å². The molecule has 4 aromatic rings. The monoisotopic (exact) mass is 460 g/mol. The van der Waals surface area contributed by atoms with Crippen molar-refractivity contribution in [2.24, 2.45) is 0 Å². The number of hydrogen-bond donors (Lipinski definition) is 0. The zero-order valence-corrected chi connectivity index (χ0v) is 18.8. The Labute approximate surface area is 191 Å². The minimum absolute atomic E-state index is 0. The van der Waals surface area contributed by atoms with Crippen LogP contribution in [0, 0.1) is 20.8 Å². The lowest BCUT2D eigenvalue weighted by Crippen LogP contribution is -2.08. The lowest BCUT2D eigenvalue weighted by Gasteiger charge is -2.13. The molecule has 0 saturated heterocycles.